The zero-order valence-corrected chi connectivity index (χ0v) is 18.8. The lowest BCUT2D eigenvalue weighted by Gasteiger charge is -2.33. The number of benzene rings is 1. The van der Waals surface area contributed by atoms with Gasteiger partial charge in [-0.05, 0) is 44.4 Å². The number of halogens is 1. The summed E-state index contributed by atoms with van der Waals surface area (Å²) in [6, 6.07) is 9.76. The molecule has 1 saturated heterocycles. The molecule has 0 radical (unpaired) electrons. The van der Waals surface area contributed by atoms with Gasteiger partial charge in [-0.2, -0.15) is 5.10 Å². The molecule has 1 N–H and O–H groups in total. The first-order valence-electron chi connectivity index (χ1n) is 11.2. The summed E-state index contributed by atoms with van der Waals surface area (Å²) in [7, 11) is 0. The Labute approximate surface area is 188 Å². The van der Waals surface area contributed by atoms with Crippen molar-refractivity contribution in [1.29, 1.82) is 0 Å². The molecule has 31 heavy (non-hydrogen) atoms. The summed E-state index contributed by atoms with van der Waals surface area (Å²) in [5.41, 5.74) is 1.66. The Balaban J connectivity index is 1.31. The molecule has 0 saturated carbocycles. The lowest BCUT2D eigenvalue weighted by molar-refractivity contribution is 0.0683. The Kier molecular flexibility index (Phi) is 6.92. The molecule has 166 valence electrons. The second-order valence-electron chi connectivity index (χ2n) is 8.45. The number of nitrogens with zero attached hydrogens (tertiary/aromatic N) is 4. The van der Waals surface area contributed by atoms with E-state index in [4.69, 9.17) is 11.6 Å². The van der Waals surface area contributed by atoms with E-state index in [9.17, 15) is 9.59 Å². The molecular formula is C23H30ClN5O2. The fraction of sp³-hybridized carbons (Fsp3) is 0.522. The number of aromatic nitrogens is 2. The summed E-state index contributed by atoms with van der Waals surface area (Å²) < 4.78 is 1.63. The highest BCUT2D eigenvalue weighted by atomic mass is 35.5. The van der Waals surface area contributed by atoms with Gasteiger partial charge in [0, 0.05) is 43.3 Å². The molecule has 7 nitrogen and oxygen atoms in total. The zero-order valence-electron chi connectivity index (χ0n) is 18.0. The van der Waals surface area contributed by atoms with Gasteiger partial charge in [0.2, 0.25) is 0 Å². The van der Waals surface area contributed by atoms with Gasteiger partial charge in [0.15, 0.2) is 5.69 Å². The number of carbonyl (C=O) groups is 2. The van der Waals surface area contributed by atoms with Crippen molar-refractivity contribution in [1.82, 2.24) is 24.9 Å². The first kappa shape index (κ1) is 21.8. The van der Waals surface area contributed by atoms with E-state index in [1.165, 1.54) is 19.3 Å². The van der Waals surface area contributed by atoms with Gasteiger partial charge < -0.3 is 15.1 Å². The van der Waals surface area contributed by atoms with Gasteiger partial charge in [0.25, 0.3) is 11.8 Å². The van der Waals surface area contributed by atoms with Crippen molar-refractivity contribution in [3.8, 4) is 0 Å². The molecule has 2 aromatic rings. The minimum absolute atomic E-state index is 0.128. The molecule has 1 fully saturated rings. The molecule has 0 bridgehead atoms. The Morgan fingerprint density at radius 1 is 1.23 bits per heavy atom. The summed E-state index contributed by atoms with van der Waals surface area (Å²) in [4.78, 5) is 29.7. The number of carbonyl (C=O) groups excluding carboxylic acids is 2. The molecule has 2 aliphatic heterocycles. The highest BCUT2D eigenvalue weighted by Gasteiger charge is 2.28. The molecule has 1 atom stereocenters. The third-order valence-electron chi connectivity index (χ3n) is 6.27. The highest BCUT2D eigenvalue weighted by Crippen LogP contribution is 2.21. The van der Waals surface area contributed by atoms with Crippen LogP contribution in [0.2, 0.25) is 5.02 Å². The largest absolute Gasteiger partial charge is 0.351 e. The number of nitrogens with one attached hydrogen (secondary N) is 1. The first-order chi connectivity index (χ1) is 15.0. The van der Waals surface area contributed by atoms with E-state index < -0.39 is 0 Å². The number of fused-ring (bicyclic) bond motifs is 1. The van der Waals surface area contributed by atoms with Crippen LogP contribution in [0.15, 0.2) is 30.3 Å². The van der Waals surface area contributed by atoms with E-state index in [1.54, 1.807) is 15.6 Å². The maximum Gasteiger partial charge on any atom is 0.272 e. The van der Waals surface area contributed by atoms with Crippen LogP contribution in [-0.4, -0.2) is 63.6 Å². The van der Waals surface area contributed by atoms with Crippen LogP contribution in [0.5, 0.6) is 0 Å². The average Bonchev–Trinajstić information content (AvgIpc) is 3.21. The van der Waals surface area contributed by atoms with Crippen molar-refractivity contribution in [3.05, 3.63) is 52.3 Å². The van der Waals surface area contributed by atoms with Gasteiger partial charge in [0.1, 0.15) is 5.69 Å². The molecule has 0 unspecified atom stereocenters. The first-order valence-corrected chi connectivity index (χ1v) is 11.5. The maximum atomic E-state index is 12.9. The molecule has 2 aliphatic rings. The van der Waals surface area contributed by atoms with Crippen LogP contribution in [0.25, 0.3) is 0 Å². The quantitative estimate of drug-likeness (QED) is 0.667. The van der Waals surface area contributed by atoms with Crippen LogP contribution in [-0.2, 0) is 13.1 Å². The minimum Gasteiger partial charge on any atom is -0.351 e. The van der Waals surface area contributed by atoms with E-state index in [0.29, 0.717) is 48.6 Å². The van der Waals surface area contributed by atoms with Gasteiger partial charge in [-0.3, -0.25) is 14.3 Å². The van der Waals surface area contributed by atoms with E-state index >= 15 is 0 Å². The number of piperidine rings is 1. The van der Waals surface area contributed by atoms with Crippen molar-refractivity contribution in [2.24, 2.45) is 0 Å². The van der Waals surface area contributed by atoms with Crippen molar-refractivity contribution >= 4 is 23.4 Å². The molecule has 0 spiro atoms. The van der Waals surface area contributed by atoms with Gasteiger partial charge in [0.05, 0.1) is 6.54 Å². The van der Waals surface area contributed by atoms with Crippen LogP contribution in [0.1, 0.15) is 59.1 Å². The third-order valence-corrected chi connectivity index (χ3v) is 6.64. The number of amides is 2. The molecule has 3 heterocycles. The fourth-order valence-corrected chi connectivity index (χ4v) is 4.59. The monoisotopic (exact) mass is 443 g/mol. The molecule has 1 aromatic heterocycles. The molecule has 1 aromatic carbocycles. The number of hydrogen-bond acceptors (Lipinski definition) is 4. The lowest BCUT2D eigenvalue weighted by Crippen LogP contribution is -2.39. The third kappa shape index (κ3) is 5.10. The van der Waals surface area contributed by atoms with Crippen LogP contribution < -0.4 is 5.32 Å². The lowest BCUT2D eigenvalue weighted by atomic mass is 10.0. The van der Waals surface area contributed by atoms with E-state index in [0.717, 1.165) is 25.1 Å². The Hall–Kier alpha value is -2.38. The van der Waals surface area contributed by atoms with Crippen LogP contribution in [0.3, 0.4) is 0 Å². The Bertz CT molecular complexity index is 944. The van der Waals surface area contributed by atoms with E-state index in [-0.39, 0.29) is 11.8 Å². The fourth-order valence-electron chi connectivity index (χ4n) is 4.40. The Morgan fingerprint density at radius 2 is 2.06 bits per heavy atom. The Morgan fingerprint density at radius 3 is 2.87 bits per heavy atom. The zero-order chi connectivity index (χ0) is 21.8. The van der Waals surface area contributed by atoms with Crippen molar-refractivity contribution in [2.45, 2.75) is 51.7 Å². The number of rotatable bonds is 7. The molecule has 0 aliphatic carbocycles. The van der Waals surface area contributed by atoms with E-state index in [1.807, 2.05) is 24.3 Å². The van der Waals surface area contributed by atoms with Crippen molar-refractivity contribution in [2.75, 3.05) is 26.2 Å². The number of likely N-dealkylation sites (tertiary alicyclic amines) is 1. The van der Waals surface area contributed by atoms with Crippen LogP contribution in [0.4, 0.5) is 0 Å². The van der Waals surface area contributed by atoms with Crippen molar-refractivity contribution < 1.29 is 9.59 Å². The second kappa shape index (κ2) is 9.83. The van der Waals surface area contributed by atoms with Gasteiger partial charge in [-0.25, -0.2) is 0 Å². The summed E-state index contributed by atoms with van der Waals surface area (Å²) in [5.74, 6) is -0.351. The SMILES string of the molecule is C[C@@H]1CCCCN1CCCNC(=O)c1cc2n(n1)CCN(Cc1ccccc1Cl)C2=O. The predicted molar refractivity (Wildman–Crippen MR) is 120 cm³/mol. The van der Waals surface area contributed by atoms with Gasteiger partial charge in [-0.1, -0.05) is 36.2 Å². The van der Waals surface area contributed by atoms with Crippen LogP contribution >= 0.6 is 11.6 Å². The summed E-state index contributed by atoms with van der Waals surface area (Å²) in [5, 5.41) is 7.96. The second-order valence-corrected chi connectivity index (χ2v) is 8.85. The summed E-state index contributed by atoms with van der Waals surface area (Å²) >= 11 is 6.24. The van der Waals surface area contributed by atoms with Crippen molar-refractivity contribution in [3.63, 3.8) is 0 Å². The van der Waals surface area contributed by atoms with Crippen LogP contribution in [0, 0.1) is 0 Å². The molecule has 2 amide bonds. The van der Waals surface area contributed by atoms with Gasteiger partial charge in [-0.15, -0.1) is 0 Å². The standard InChI is InChI=1S/C23H30ClN5O2/c1-17-7-4-5-11-27(17)12-6-10-25-22(30)20-15-21-23(31)28(13-14-29(21)26-20)16-18-8-2-3-9-19(18)24/h2-3,8-9,15,17H,4-7,10-14,16H2,1H3,(H,25,30)/t17-/m1/s1. The topological polar surface area (TPSA) is 70.5 Å². The smallest absolute Gasteiger partial charge is 0.272 e. The molecule has 4 rings (SSSR count). The van der Waals surface area contributed by atoms with E-state index in [2.05, 4.69) is 22.2 Å². The predicted octanol–water partition coefficient (Wildman–Crippen LogP) is 3.19. The summed E-state index contributed by atoms with van der Waals surface area (Å²) in [6.45, 7) is 6.57. The molecular weight excluding hydrogens is 414 g/mol. The van der Waals surface area contributed by atoms with Gasteiger partial charge >= 0.3 is 0 Å². The normalized spacial score (nSPS) is 19.4. The average molecular weight is 444 g/mol. The maximum absolute atomic E-state index is 12.9. The summed E-state index contributed by atoms with van der Waals surface area (Å²) in [6.07, 6.45) is 4.74. The number of hydrogen-bond donors (Lipinski definition) is 1. The minimum atomic E-state index is -0.223. The highest BCUT2D eigenvalue weighted by molar-refractivity contribution is 6.31. The molecule has 8 heteroatoms.